The molecule has 0 bridgehead atoms. The number of fused-ring (bicyclic) bond motifs is 1. The molecule has 1 aliphatic heterocycles. The van der Waals surface area contributed by atoms with Crippen molar-refractivity contribution >= 4 is 22.8 Å². The molecule has 1 atom stereocenters. The minimum atomic E-state index is -0.0297. The van der Waals surface area contributed by atoms with Crippen LogP contribution in [0.4, 0.5) is 0 Å². The number of furan rings is 1. The highest BCUT2D eigenvalue weighted by atomic mass is 16.3. The Morgan fingerprint density at radius 1 is 1.03 bits per heavy atom. The molecule has 0 radical (unpaired) electrons. The van der Waals surface area contributed by atoms with Crippen molar-refractivity contribution < 1.29 is 14.0 Å². The van der Waals surface area contributed by atoms with Crippen molar-refractivity contribution in [2.24, 2.45) is 5.92 Å². The van der Waals surface area contributed by atoms with Crippen LogP contribution in [0, 0.1) is 12.8 Å². The van der Waals surface area contributed by atoms with Crippen LogP contribution in [0.1, 0.15) is 44.9 Å². The van der Waals surface area contributed by atoms with Gasteiger partial charge >= 0.3 is 0 Å². The molecule has 5 rings (SSSR count). The maximum atomic E-state index is 13.4. The zero-order chi connectivity index (χ0) is 25.1. The highest BCUT2D eigenvalue weighted by Gasteiger charge is 2.34. The number of piperidine rings is 1. The molecule has 7 heteroatoms. The highest BCUT2D eigenvalue weighted by Crippen LogP contribution is 2.29. The fourth-order valence-electron chi connectivity index (χ4n) is 5.19. The van der Waals surface area contributed by atoms with Crippen molar-refractivity contribution in [2.45, 2.75) is 32.2 Å². The Balaban J connectivity index is 1.31. The average molecular weight is 483 g/mol. The monoisotopic (exact) mass is 482 g/mol. The topological polar surface area (TPSA) is 79.5 Å². The zero-order valence-electron chi connectivity index (χ0n) is 20.6. The Kier molecular flexibility index (Phi) is 6.80. The summed E-state index contributed by atoms with van der Waals surface area (Å²) in [6.45, 7) is 3.12. The van der Waals surface area contributed by atoms with E-state index in [2.05, 4.69) is 22.1 Å². The van der Waals surface area contributed by atoms with E-state index in [0.717, 1.165) is 30.3 Å². The third-order valence-corrected chi connectivity index (χ3v) is 7.28. The molecule has 0 N–H and O–H groups in total. The minimum Gasteiger partial charge on any atom is -0.469 e. The number of amides is 2. The molecule has 3 heterocycles. The van der Waals surface area contributed by atoms with E-state index >= 15 is 0 Å². The van der Waals surface area contributed by atoms with E-state index in [1.165, 1.54) is 5.56 Å². The van der Waals surface area contributed by atoms with Crippen LogP contribution in [0.5, 0.6) is 0 Å². The smallest absolute Gasteiger partial charge is 0.257 e. The van der Waals surface area contributed by atoms with Gasteiger partial charge in [-0.3, -0.25) is 19.6 Å². The lowest BCUT2D eigenvalue weighted by Crippen LogP contribution is -2.48. The van der Waals surface area contributed by atoms with Crippen LogP contribution in [0.3, 0.4) is 0 Å². The summed E-state index contributed by atoms with van der Waals surface area (Å²) in [6, 6.07) is 17.5. The first-order valence-electron chi connectivity index (χ1n) is 12.4. The zero-order valence-corrected chi connectivity index (χ0v) is 20.6. The van der Waals surface area contributed by atoms with Crippen LogP contribution in [-0.4, -0.2) is 57.8 Å². The number of aryl methyl sites for hydroxylation is 1. The lowest BCUT2D eigenvalue weighted by molar-refractivity contribution is 0.0521. The van der Waals surface area contributed by atoms with E-state index < -0.39 is 0 Å². The molecular weight excluding hydrogens is 452 g/mol. The Labute approximate surface area is 210 Å². The summed E-state index contributed by atoms with van der Waals surface area (Å²) in [5.41, 5.74) is 3.92. The van der Waals surface area contributed by atoms with Crippen molar-refractivity contribution in [3.63, 3.8) is 0 Å². The number of carbonyl (C=O) groups excluding carboxylic acids is 2. The van der Waals surface area contributed by atoms with E-state index in [9.17, 15) is 9.59 Å². The van der Waals surface area contributed by atoms with Gasteiger partial charge in [0.2, 0.25) is 0 Å². The van der Waals surface area contributed by atoms with Crippen molar-refractivity contribution in [1.82, 2.24) is 19.8 Å². The van der Waals surface area contributed by atoms with Gasteiger partial charge in [0.1, 0.15) is 5.76 Å². The van der Waals surface area contributed by atoms with Crippen molar-refractivity contribution in [3.8, 4) is 0 Å². The second-order valence-electron chi connectivity index (χ2n) is 9.45. The largest absolute Gasteiger partial charge is 0.469 e. The van der Waals surface area contributed by atoms with E-state index in [1.54, 1.807) is 24.7 Å². The predicted octanol–water partition coefficient (Wildman–Crippen LogP) is 4.77. The summed E-state index contributed by atoms with van der Waals surface area (Å²) in [7, 11) is 1.88. The Bertz CT molecular complexity index is 1360. The maximum Gasteiger partial charge on any atom is 0.257 e. The number of likely N-dealkylation sites (tertiary alicyclic amines) is 1. The molecule has 0 saturated carbocycles. The summed E-state index contributed by atoms with van der Waals surface area (Å²) >= 11 is 0. The molecule has 0 aliphatic carbocycles. The van der Waals surface area contributed by atoms with E-state index in [0.29, 0.717) is 30.0 Å². The molecule has 2 amide bonds. The lowest BCUT2D eigenvalue weighted by Gasteiger charge is -2.40. The van der Waals surface area contributed by atoms with Crippen LogP contribution >= 0.6 is 0 Å². The normalized spacial score (nSPS) is 15.1. The lowest BCUT2D eigenvalue weighted by atomic mass is 9.84. The van der Waals surface area contributed by atoms with Gasteiger partial charge < -0.3 is 14.2 Å². The summed E-state index contributed by atoms with van der Waals surface area (Å²) < 4.78 is 5.39. The van der Waals surface area contributed by atoms with Crippen molar-refractivity contribution in [2.75, 3.05) is 20.1 Å². The number of hydrogen-bond acceptors (Lipinski definition) is 5. The molecular formula is C29H30N4O3. The molecule has 2 aromatic carbocycles. The van der Waals surface area contributed by atoms with Gasteiger partial charge in [0, 0.05) is 44.1 Å². The summed E-state index contributed by atoms with van der Waals surface area (Å²) in [5, 5.41) is 0. The van der Waals surface area contributed by atoms with Gasteiger partial charge in [0.25, 0.3) is 11.8 Å². The summed E-state index contributed by atoms with van der Waals surface area (Å²) in [6.07, 6.45) is 7.28. The van der Waals surface area contributed by atoms with Gasteiger partial charge in [-0.15, -0.1) is 0 Å². The first kappa shape index (κ1) is 23.7. The number of carbonyl (C=O) groups is 2. The Morgan fingerprint density at radius 2 is 1.75 bits per heavy atom. The highest BCUT2D eigenvalue weighted by molar-refractivity contribution is 5.97. The van der Waals surface area contributed by atoms with Crippen molar-refractivity contribution in [3.05, 3.63) is 95.7 Å². The van der Waals surface area contributed by atoms with Gasteiger partial charge in [0.15, 0.2) is 0 Å². The summed E-state index contributed by atoms with van der Waals surface area (Å²) in [4.78, 5) is 39.0. The van der Waals surface area contributed by atoms with Crippen molar-refractivity contribution in [1.29, 1.82) is 0 Å². The van der Waals surface area contributed by atoms with Crippen LogP contribution in [-0.2, 0) is 6.42 Å². The molecule has 1 unspecified atom stereocenters. The van der Waals surface area contributed by atoms with E-state index in [-0.39, 0.29) is 23.8 Å². The molecule has 7 nitrogen and oxygen atoms in total. The van der Waals surface area contributed by atoms with Crippen LogP contribution in [0.2, 0.25) is 0 Å². The fourth-order valence-corrected chi connectivity index (χ4v) is 5.19. The van der Waals surface area contributed by atoms with E-state index in [4.69, 9.17) is 4.42 Å². The van der Waals surface area contributed by atoms with Gasteiger partial charge in [0.05, 0.1) is 22.9 Å². The first-order valence-corrected chi connectivity index (χ1v) is 12.4. The molecule has 2 aromatic heterocycles. The number of hydrogen-bond donors (Lipinski definition) is 0. The molecule has 1 aliphatic rings. The van der Waals surface area contributed by atoms with Gasteiger partial charge in [-0.1, -0.05) is 30.3 Å². The summed E-state index contributed by atoms with van der Waals surface area (Å²) in [5.74, 6) is 0.890. The molecule has 184 valence electrons. The Hall–Kier alpha value is -4.00. The molecule has 1 saturated heterocycles. The van der Waals surface area contributed by atoms with Gasteiger partial charge in [-0.2, -0.15) is 0 Å². The van der Waals surface area contributed by atoms with E-state index in [1.807, 2.05) is 60.2 Å². The number of aromatic nitrogens is 2. The third-order valence-electron chi connectivity index (χ3n) is 7.28. The quantitative estimate of drug-likeness (QED) is 0.396. The Morgan fingerprint density at radius 3 is 2.44 bits per heavy atom. The van der Waals surface area contributed by atoms with Gasteiger partial charge in [-0.25, -0.2) is 0 Å². The molecule has 1 fully saturated rings. The standard InChI is InChI=1S/C29H30N4O3/c1-20-24(12-17-36-20)29(35)32(2)27(18-21-6-4-3-5-7-21)22-10-15-33(16-11-22)28(34)23-8-9-25-26(19-23)31-14-13-30-25/h3-9,12-14,17,19,22,27H,10-11,15-16,18H2,1-2H3. The van der Waals surface area contributed by atoms with Crippen LogP contribution in [0.25, 0.3) is 11.0 Å². The van der Waals surface area contributed by atoms with Crippen LogP contribution in [0.15, 0.2) is 77.7 Å². The maximum absolute atomic E-state index is 13.4. The SMILES string of the molecule is Cc1occc1C(=O)N(C)C(Cc1ccccc1)C1CCN(C(=O)c2ccc3nccnc3c2)CC1. The number of nitrogens with zero attached hydrogens (tertiary/aromatic N) is 4. The van der Waals surface area contributed by atoms with Gasteiger partial charge in [-0.05, 0) is 61.9 Å². The fraction of sp³-hybridized carbons (Fsp3) is 0.310. The third kappa shape index (κ3) is 4.87. The predicted molar refractivity (Wildman–Crippen MR) is 138 cm³/mol. The second kappa shape index (κ2) is 10.3. The molecule has 4 aromatic rings. The average Bonchev–Trinajstić information content (AvgIpc) is 3.36. The number of likely N-dealkylation sites (N-methyl/N-ethyl adjacent to an activating group) is 1. The van der Waals surface area contributed by atoms with Crippen LogP contribution < -0.4 is 0 Å². The minimum absolute atomic E-state index is 0.0130. The molecule has 0 spiro atoms. The number of benzene rings is 2. The molecule has 36 heavy (non-hydrogen) atoms. The number of rotatable bonds is 6. The second-order valence-corrected chi connectivity index (χ2v) is 9.45. The first-order chi connectivity index (χ1) is 17.5.